The van der Waals surface area contributed by atoms with Gasteiger partial charge >= 0.3 is 0 Å². The van der Waals surface area contributed by atoms with Gasteiger partial charge < -0.3 is 5.32 Å². The summed E-state index contributed by atoms with van der Waals surface area (Å²) in [5.41, 5.74) is 1.64. The molecule has 2 nitrogen and oxygen atoms in total. The highest BCUT2D eigenvalue weighted by molar-refractivity contribution is 5.82. The van der Waals surface area contributed by atoms with Crippen LogP contribution in [0.25, 0.3) is 0 Å². The SMILES string of the molecule is O=C(NCC1(c2ccccc2)CC1)C1[C@H]2CCCC[C@H]12. The number of nitrogens with one attached hydrogen (secondary N) is 1. The van der Waals surface area contributed by atoms with E-state index in [1.54, 1.807) is 0 Å². The van der Waals surface area contributed by atoms with E-state index in [0.717, 1.165) is 18.4 Å². The first-order valence-electron chi connectivity index (χ1n) is 8.13. The number of hydrogen-bond acceptors (Lipinski definition) is 1. The Bertz CT molecular complexity index is 493. The van der Waals surface area contributed by atoms with Gasteiger partial charge in [-0.1, -0.05) is 43.2 Å². The van der Waals surface area contributed by atoms with Crippen LogP contribution in [-0.4, -0.2) is 12.5 Å². The Labute approximate surface area is 121 Å². The van der Waals surface area contributed by atoms with Gasteiger partial charge in [0.1, 0.15) is 0 Å². The van der Waals surface area contributed by atoms with Crippen molar-refractivity contribution in [3.8, 4) is 0 Å². The number of rotatable bonds is 4. The number of benzene rings is 1. The van der Waals surface area contributed by atoms with Crippen LogP contribution in [0.1, 0.15) is 44.1 Å². The molecule has 3 aliphatic carbocycles. The van der Waals surface area contributed by atoms with Crippen molar-refractivity contribution in [2.45, 2.75) is 43.9 Å². The maximum absolute atomic E-state index is 12.4. The van der Waals surface area contributed by atoms with Gasteiger partial charge in [0, 0.05) is 17.9 Å². The average Bonchev–Trinajstić information content (AvgIpc) is 3.40. The van der Waals surface area contributed by atoms with Crippen molar-refractivity contribution in [3.05, 3.63) is 35.9 Å². The molecule has 20 heavy (non-hydrogen) atoms. The van der Waals surface area contributed by atoms with Crippen LogP contribution < -0.4 is 5.32 Å². The van der Waals surface area contributed by atoms with E-state index in [1.807, 2.05) is 0 Å². The maximum atomic E-state index is 12.4. The molecule has 0 unspecified atom stereocenters. The standard InChI is InChI=1S/C18H23NO/c20-17(16-14-8-4-5-9-15(14)16)19-12-18(10-11-18)13-6-2-1-3-7-13/h1-3,6-7,14-16H,4-5,8-12H2,(H,19,20)/t14-,15-/m0/s1. The molecule has 0 heterocycles. The molecule has 2 atom stereocenters. The number of carbonyl (C=O) groups excluding carboxylic acids is 1. The lowest BCUT2D eigenvalue weighted by Crippen LogP contribution is -2.33. The van der Waals surface area contributed by atoms with Gasteiger partial charge in [-0.3, -0.25) is 4.79 Å². The second-order valence-corrected chi connectivity index (χ2v) is 7.00. The molecule has 3 fully saturated rings. The van der Waals surface area contributed by atoms with Crippen LogP contribution in [0.15, 0.2) is 30.3 Å². The van der Waals surface area contributed by atoms with Crippen molar-refractivity contribution in [1.29, 1.82) is 0 Å². The largest absolute Gasteiger partial charge is 0.355 e. The van der Waals surface area contributed by atoms with Crippen molar-refractivity contribution in [3.63, 3.8) is 0 Å². The highest BCUT2D eigenvalue weighted by Gasteiger charge is 2.55. The Kier molecular flexibility index (Phi) is 2.87. The summed E-state index contributed by atoms with van der Waals surface area (Å²) in [5.74, 6) is 2.12. The lowest BCUT2D eigenvalue weighted by molar-refractivity contribution is -0.123. The van der Waals surface area contributed by atoms with Crippen LogP contribution in [0, 0.1) is 17.8 Å². The molecule has 3 aliphatic rings. The molecular formula is C18H23NO. The molecule has 4 rings (SSSR count). The van der Waals surface area contributed by atoms with Gasteiger partial charge in [0.25, 0.3) is 0 Å². The molecule has 0 aromatic heterocycles. The minimum atomic E-state index is 0.247. The lowest BCUT2D eigenvalue weighted by atomic mass is 9.96. The summed E-state index contributed by atoms with van der Waals surface area (Å²) in [6.07, 6.45) is 7.67. The molecular weight excluding hydrogens is 246 g/mol. The highest BCUT2D eigenvalue weighted by Crippen LogP contribution is 2.55. The molecule has 1 aromatic carbocycles. The van der Waals surface area contributed by atoms with Crippen LogP contribution in [0.4, 0.5) is 0 Å². The van der Waals surface area contributed by atoms with Gasteiger partial charge in [-0.2, -0.15) is 0 Å². The summed E-state index contributed by atoms with van der Waals surface area (Å²) in [4.78, 5) is 12.4. The molecule has 1 amide bonds. The van der Waals surface area contributed by atoms with Crippen LogP contribution in [0.5, 0.6) is 0 Å². The summed E-state index contributed by atoms with van der Waals surface area (Å²) in [6, 6.07) is 10.7. The Morgan fingerprint density at radius 2 is 1.75 bits per heavy atom. The minimum Gasteiger partial charge on any atom is -0.355 e. The predicted molar refractivity (Wildman–Crippen MR) is 79.3 cm³/mol. The van der Waals surface area contributed by atoms with E-state index in [2.05, 4.69) is 35.6 Å². The molecule has 0 radical (unpaired) electrons. The van der Waals surface area contributed by atoms with Gasteiger partial charge in [0.15, 0.2) is 0 Å². The molecule has 3 saturated carbocycles. The third-order valence-electron chi connectivity index (χ3n) is 5.80. The van der Waals surface area contributed by atoms with Crippen LogP contribution in [0.2, 0.25) is 0 Å². The third kappa shape index (κ3) is 2.06. The van der Waals surface area contributed by atoms with Gasteiger partial charge in [0.2, 0.25) is 5.91 Å². The first-order valence-corrected chi connectivity index (χ1v) is 8.13. The molecule has 106 valence electrons. The van der Waals surface area contributed by atoms with Crippen LogP contribution >= 0.6 is 0 Å². The molecule has 1 N–H and O–H groups in total. The van der Waals surface area contributed by atoms with E-state index >= 15 is 0 Å². The first kappa shape index (κ1) is 12.4. The fourth-order valence-electron chi connectivity index (χ4n) is 4.27. The minimum absolute atomic E-state index is 0.247. The third-order valence-corrected chi connectivity index (χ3v) is 5.80. The monoisotopic (exact) mass is 269 g/mol. The summed E-state index contributed by atoms with van der Waals surface area (Å²) < 4.78 is 0. The number of hydrogen-bond donors (Lipinski definition) is 1. The fourth-order valence-corrected chi connectivity index (χ4v) is 4.27. The topological polar surface area (TPSA) is 29.1 Å². The van der Waals surface area contributed by atoms with Crippen molar-refractivity contribution in [1.82, 2.24) is 5.32 Å². The van der Waals surface area contributed by atoms with Crippen LogP contribution in [0.3, 0.4) is 0 Å². The number of carbonyl (C=O) groups is 1. The number of amides is 1. The summed E-state index contributed by atoms with van der Waals surface area (Å²) >= 11 is 0. The summed E-state index contributed by atoms with van der Waals surface area (Å²) in [6.45, 7) is 0.839. The molecule has 0 bridgehead atoms. The maximum Gasteiger partial charge on any atom is 0.223 e. The Morgan fingerprint density at radius 3 is 2.35 bits per heavy atom. The summed E-state index contributed by atoms with van der Waals surface area (Å²) in [7, 11) is 0. The van der Waals surface area contributed by atoms with E-state index in [9.17, 15) is 4.79 Å². The van der Waals surface area contributed by atoms with Crippen molar-refractivity contribution >= 4 is 5.91 Å². The molecule has 2 heteroatoms. The average molecular weight is 269 g/mol. The van der Waals surface area contributed by atoms with Gasteiger partial charge in [0.05, 0.1) is 0 Å². The fraction of sp³-hybridized carbons (Fsp3) is 0.611. The quantitative estimate of drug-likeness (QED) is 0.893. The van der Waals surface area contributed by atoms with Crippen molar-refractivity contribution in [2.75, 3.05) is 6.54 Å². The normalized spacial score (nSPS) is 33.1. The zero-order valence-corrected chi connectivity index (χ0v) is 12.0. The predicted octanol–water partition coefficient (Wildman–Crippen LogP) is 3.27. The van der Waals surface area contributed by atoms with Crippen LogP contribution in [-0.2, 0) is 10.2 Å². The van der Waals surface area contributed by atoms with Crippen molar-refractivity contribution in [2.24, 2.45) is 17.8 Å². The van der Waals surface area contributed by atoms with E-state index in [-0.39, 0.29) is 5.41 Å². The zero-order valence-electron chi connectivity index (χ0n) is 12.0. The summed E-state index contributed by atoms with van der Waals surface area (Å²) in [5, 5.41) is 3.26. The second kappa shape index (κ2) is 4.61. The Hall–Kier alpha value is -1.31. The Morgan fingerprint density at radius 1 is 1.10 bits per heavy atom. The van der Waals surface area contributed by atoms with E-state index in [1.165, 1.54) is 44.1 Å². The second-order valence-electron chi connectivity index (χ2n) is 7.00. The molecule has 0 spiro atoms. The van der Waals surface area contributed by atoms with Gasteiger partial charge in [-0.15, -0.1) is 0 Å². The lowest BCUT2D eigenvalue weighted by Gasteiger charge is -2.16. The van der Waals surface area contributed by atoms with Crippen molar-refractivity contribution < 1.29 is 4.79 Å². The van der Waals surface area contributed by atoms with E-state index < -0.39 is 0 Å². The highest BCUT2D eigenvalue weighted by atomic mass is 16.2. The number of fused-ring (bicyclic) bond motifs is 1. The van der Waals surface area contributed by atoms with Gasteiger partial charge in [-0.05, 0) is 43.1 Å². The first-order chi connectivity index (χ1) is 9.80. The van der Waals surface area contributed by atoms with E-state index in [4.69, 9.17) is 0 Å². The smallest absolute Gasteiger partial charge is 0.223 e. The molecule has 0 saturated heterocycles. The molecule has 0 aliphatic heterocycles. The Balaban J connectivity index is 1.36. The zero-order chi connectivity index (χ0) is 13.6. The van der Waals surface area contributed by atoms with Gasteiger partial charge in [-0.25, -0.2) is 0 Å². The molecule has 1 aromatic rings. The van der Waals surface area contributed by atoms with E-state index in [0.29, 0.717) is 11.8 Å².